The number of rotatable bonds is 2. The topological polar surface area (TPSA) is 84.0 Å². The van der Waals surface area contributed by atoms with Crippen molar-refractivity contribution in [2.24, 2.45) is 0 Å². The lowest BCUT2D eigenvalue weighted by Gasteiger charge is -2.10. The quantitative estimate of drug-likeness (QED) is 0.731. The van der Waals surface area contributed by atoms with Crippen molar-refractivity contribution in [3.05, 3.63) is 66.0 Å². The monoisotopic (exact) mass is 360 g/mol. The fourth-order valence-electron chi connectivity index (χ4n) is 2.22. The molecule has 0 aliphatic rings. The van der Waals surface area contributed by atoms with Crippen LogP contribution in [0.25, 0.3) is 11.0 Å². The number of hydrogen-bond donors (Lipinski definition) is 2. The number of alkyl halides is 3. The molecule has 2 aromatic carbocycles. The van der Waals surface area contributed by atoms with Gasteiger partial charge in [0.2, 0.25) is 0 Å². The summed E-state index contributed by atoms with van der Waals surface area (Å²) in [5.41, 5.74) is 0.220. The number of nitrogens with zero attached hydrogens (tertiary/aromatic N) is 2. The molecule has 132 valence electrons. The van der Waals surface area contributed by atoms with E-state index in [0.717, 1.165) is 18.2 Å². The fraction of sp³-hybridized carbons (Fsp3) is 0.0588. The number of urea groups is 1. The molecule has 0 aliphatic heterocycles. The first-order chi connectivity index (χ1) is 12.3. The van der Waals surface area contributed by atoms with Gasteiger partial charge in [-0.05, 0) is 36.4 Å². The Morgan fingerprint density at radius 1 is 0.923 bits per heavy atom. The smallest absolute Gasteiger partial charge is 0.308 e. The highest BCUT2D eigenvalue weighted by Gasteiger charge is 2.30. The van der Waals surface area contributed by atoms with Crippen molar-refractivity contribution in [2.75, 3.05) is 5.32 Å². The second-order valence-electron chi connectivity index (χ2n) is 5.25. The summed E-state index contributed by atoms with van der Waals surface area (Å²) in [6, 6.07) is 7.63. The van der Waals surface area contributed by atoms with Crippen LogP contribution in [0, 0.1) is 0 Å². The second kappa shape index (κ2) is 6.79. The Morgan fingerprint density at radius 2 is 1.65 bits per heavy atom. The number of carbonyl (C=O) groups is 2. The van der Waals surface area contributed by atoms with E-state index in [1.807, 2.05) is 5.32 Å². The molecule has 26 heavy (non-hydrogen) atoms. The third kappa shape index (κ3) is 3.94. The maximum absolute atomic E-state index is 12.7. The lowest BCUT2D eigenvalue weighted by atomic mass is 10.2. The molecule has 0 saturated heterocycles. The van der Waals surface area contributed by atoms with E-state index in [4.69, 9.17) is 0 Å². The minimum atomic E-state index is -4.53. The zero-order valence-corrected chi connectivity index (χ0v) is 13.0. The Kier molecular flexibility index (Phi) is 4.53. The molecular formula is C17H11F3N4O2. The van der Waals surface area contributed by atoms with Gasteiger partial charge in [0.1, 0.15) is 0 Å². The highest BCUT2D eigenvalue weighted by Crippen LogP contribution is 2.30. The van der Waals surface area contributed by atoms with Crippen molar-refractivity contribution < 1.29 is 22.8 Å². The summed E-state index contributed by atoms with van der Waals surface area (Å²) in [6.45, 7) is 0. The number of imide groups is 1. The number of fused-ring (bicyclic) bond motifs is 1. The van der Waals surface area contributed by atoms with Gasteiger partial charge in [-0.3, -0.25) is 20.1 Å². The Balaban J connectivity index is 1.70. The lowest BCUT2D eigenvalue weighted by Crippen LogP contribution is -2.34. The normalized spacial score (nSPS) is 11.2. The average Bonchev–Trinajstić information content (AvgIpc) is 2.60. The first-order valence-electron chi connectivity index (χ1n) is 7.33. The SMILES string of the molecule is O=C(NC(=O)c1ccc2nccnc2c1)Nc1cccc(C(F)(F)F)c1. The molecule has 6 nitrogen and oxygen atoms in total. The van der Waals surface area contributed by atoms with Crippen molar-refractivity contribution in [1.29, 1.82) is 0 Å². The van der Waals surface area contributed by atoms with Crippen LogP contribution in [-0.4, -0.2) is 21.9 Å². The fourth-order valence-corrected chi connectivity index (χ4v) is 2.22. The van der Waals surface area contributed by atoms with Gasteiger partial charge >= 0.3 is 12.2 Å². The van der Waals surface area contributed by atoms with Crippen LogP contribution < -0.4 is 10.6 Å². The van der Waals surface area contributed by atoms with E-state index in [0.29, 0.717) is 11.0 Å². The Hall–Kier alpha value is -3.49. The second-order valence-corrected chi connectivity index (χ2v) is 5.25. The van der Waals surface area contributed by atoms with Gasteiger partial charge in [0, 0.05) is 23.6 Å². The largest absolute Gasteiger partial charge is 0.416 e. The van der Waals surface area contributed by atoms with Crippen molar-refractivity contribution in [3.8, 4) is 0 Å². The van der Waals surface area contributed by atoms with Crippen LogP contribution in [0.15, 0.2) is 54.9 Å². The summed E-state index contributed by atoms with van der Waals surface area (Å²) >= 11 is 0. The number of aromatic nitrogens is 2. The third-order valence-corrected chi connectivity index (χ3v) is 3.41. The van der Waals surface area contributed by atoms with Crippen LogP contribution in [0.2, 0.25) is 0 Å². The number of benzene rings is 2. The molecule has 0 bridgehead atoms. The summed E-state index contributed by atoms with van der Waals surface area (Å²) in [4.78, 5) is 32.1. The van der Waals surface area contributed by atoms with Crippen LogP contribution in [0.4, 0.5) is 23.7 Å². The zero-order valence-electron chi connectivity index (χ0n) is 13.0. The van der Waals surface area contributed by atoms with E-state index >= 15 is 0 Å². The number of halogens is 3. The molecule has 0 spiro atoms. The predicted molar refractivity (Wildman–Crippen MR) is 87.5 cm³/mol. The van der Waals surface area contributed by atoms with Crippen molar-refractivity contribution >= 4 is 28.7 Å². The summed E-state index contributed by atoms with van der Waals surface area (Å²) in [7, 11) is 0. The molecule has 0 unspecified atom stereocenters. The van der Waals surface area contributed by atoms with E-state index in [1.165, 1.54) is 30.6 Å². The molecule has 3 rings (SSSR count). The van der Waals surface area contributed by atoms with Crippen molar-refractivity contribution in [1.82, 2.24) is 15.3 Å². The Labute approximate surface area is 145 Å². The Bertz CT molecular complexity index is 989. The number of carbonyl (C=O) groups excluding carboxylic acids is 2. The molecule has 1 heterocycles. The molecule has 9 heteroatoms. The van der Waals surface area contributed by atoms with E-state index < -0.39 is 23.7 Å². The molecule has 0 atom stereocenters. The average molecular weight is 360 g/mol. The Morgan fingerprint density at radius 3 is 2.38 bits per heavy atom. The van der Waals surface area contributed by atoms with Gasteiger partial charge in [-0.25, -0.2) is 4.79 Å². The molecule has 2 N–H and O–H groups in total. The minimum absolute atomic E-state index is 0.0884. The molecule has 0 saturated carbocycles. The van der Waals surface area contributed by atoms with E-state index in [-0.39, 0.29) is 11.3 Å². The number of anilines is 1. The summed E-state index contributed by atoms with van der Waals surface area (Å²) in [6.07, 6.45) is -1.56. The van der Waals surface area contributed by atoms with Gasteiger partial charge in [-0.15, -0.1) is 0 Å². The van der Waals surface area contributed by atoms with Crippen LogP contribution in [0.1, 0.15) is 15.9 Å². The van der Waals surface area contributed by atoms with Gasteiger partial charge in [0.05, 0.1) is 16.6 Å². The highest BCUT2D eigenvalue weighted by atomic mass is 19.4. The molecule has 3 aromatic rings. The first kappa shape index (κ1) is 17.3. The van der Waals surface area contributed by atoms with Gasteiger partial charge in [-0.1, -0.05) is 6.07 Å². The number of hydrogen-bond acceptors (Lipinski definition) is 4. The minimum Gasteiger partial charge on any atom is -0.308 e. The molecule has 0 fully saturated rings. The van der Waals surface area contributed by atoms with Crippen LogP contribution in [0.5, 0.6) is 0 Å². The van der Waals surface area contributed by atoms with E-state index in [2.05, 4.69) is 15.3 Å². The molecular weight excluding hydrogens is 349 g/mol. The maximum atomic E-state index is 12.7. The standard InChI is InChI=1S/C17H11F3N4O2/c18-17(19,20)11-2-1-3-12(9-11)23-16(26)24-15(25)10-4-5-13-14(8-10)22-7-6-21-13/h1-9H,(H2,23,24,25,26). The first-order valence-corrected chi connectivity index (χ1v) is 7.33. The lowest BCUT2D eigenvalue weighted by molar-refractivity contribution is -0.137. The van der Waals surface area contributed by atoms with Gasteiger partial charge in [0.25, 0.3) is 5.91 Å². The van der Waals surface area contributed by atoms with E-state index in [9.17, 15) is 22.8 Å². The summed E-state index contributed by atoms with van der Waals surface area (Å²) in [5, 5.41) is 4.24. The number of nitrogens with one attached hydrogen (secondary N) is 2. The molecule has 1 aromatic heterocycles. The molecule has 3 amide bonds. The summed E-state index contributed by atoms with van der Waals surface area (Å²) in [5.74, 6) is -0.720. The van der Waals surface area contributed by atoms with Gasteiger partial charge in [0.15, 0.2) is 0 Å². The maximum Gasteiger partial charge on any atom is 0.416 e. The predicted octanol–water partition coefficient (Wildman–Crippen LogP) is 3.61. The van der Waals surface area contributed by atoms with Crippen LogP contribution >= 0.6 is 0 Å². The third-order valence-electron chi connectivity index (χ3n) is 3.41. The van der Waals surface area contributed by atoms with Crippen molar-refractivity contribution in [3.63, 3.8) is 0 Å². The van der Waals surface area contributed by atoms with E-state index in [1.54, 1.807) is 6.07 Å². The molecule has 0 radical (unpaired) electrons. The number of amides is 3. The highest BCUT2D eigenvalue weighted by molar-refractivity contribution is 6.08. The van der Waals surface area contributed by atoms with Crippen LogP contribution in [-0.2, 0) is 6.18 Å². The van der Waals surface area contributed by atoms with Gasteiger partial charge < -0.3 is 5.32 Å². The molecule has 0 aliphatic carbocycles. The van der Waals surface area contributed by atoms with Gasteiger partial charge in [-0.2, -0.15) is 13.2 Å². The summed E-state index contributed by atoms with van der Waals surface area (Å²) < 4.78 is 38.0. The van der Waals surface area contributed by atoms with Crippen LogP contribution in [0.3, 0.4) is 0 Å². The van der Waals surface area contributed by atoms with Crippen molar-refractivity contribution in [2.45, 2.75) is 6.18 Å². The zero-order chi connectivity index (χ0) is 18.7.